The van der Waals surface area contributed by atoms with Crippen molar-refractivity contribution in [1.29, 1.82) is 0 Å². The molecule has 2 aromatic carbocycles. The number of aliphatic hydroxyl groups is 1. The molecule has 0 bridgehead atoms. The first-order valence-electron chi connectivity index (χ1n) is 9.92. The van der Waals surface area contributed by atoms with Gasteiger partial charge in [-0.15, -0.1) is 4.59 Å². The predicted octanol–water partition coefficient (Wildman–Crippen LogP) is 3.96. The summed E-state index contributed by atoms with van der Waals surface area (Å²) in [6.07, 6.45) is 11.4. The van der Waals surface area contributed by atoms with E-state index in [1.807, 2.05) is 86.8 Å². The van der Waals surface area contributed by atoms with Gasteiger partial charge in [-0.2, -0.15) is 10.8 Å². The Kier molecular flexibility index (Phi) is 4.08. The molecule has 0 saturated carbocycles. The van der Waals surface area contributed by atoms with Crippen LogP contribution in [0.3, 0.4) is 0 Å². The van der Waals surface area contributed by atoms with E-state index in [4.69, 9.17) is 10.8 Å². The molecule has 5 nitrogen and oxygen atoms in total. The van der Waals surface area contributed by atoms with Crippen LogP contribution in [-0.4, -0.2) is 21.7 Å². The number of rotatable bonds is 4. The minimum atomic E-state index is -1.09. The number of aryl methyl sites for hydroxylation is 1. The first kappa shape index (κ1) is 18.6. The first-order chi connectivity index (χ1) is 14.4. The van der Waals surface area contributed by atoms with Crippen molar-refractivity contribution in [2.24, 2.45) is 15.8 Å². The van der Waals surface area contributed by atoms with Crippen LogP contribution in [0.2, 0.25) is 0 Å². The highest BCUT2D eigenvalue weighted by atomic mass is 16.3. The number of amidine groups is 1. The molecule has 1 aliphatic carbocycles. The van der Waals surface area contributed by atoms with Crippen molar-refractivity contribution >= 4 is 12.1 Å². The zero-order valence-electron chi connectivity index (χ0n) is 16.9. The van der Waals surface area contributed by atoms with Crippen molar-refractivity contribution in [2.45, 2.75) is 19.4 Å². The van der Waals surface area contributed by atoms with E-state index in [1.165, 1.54) is 0 Å². The smallest absolute Gasteiger partial charge is 0.265 e. The summed E-state index contributed by atoms with van der Waals surface area (Å²) in [4.78, 5) is 9.20. The summed E-state index contributed by atoms with van der Waals surface area (Å²) < 4.78 is -0.0146. The molecule has 3 N–H and O–H groups in total. The third-order valence-corrected chi connectivity index (χ3v) is 5.98. The van der Waals surface area contributed by atoms with Gasteiger partial charge in [-0.3, -0.25) is 4.99 Å². The maximum Gasteiger partial charge on any atom is 0.265 e. The van der Waals surface area contributed by atoms with Crippen LogP contribution in [-0.2, 0) is 5.60 Å². The van der Waals surface area contributed by atoms with Crippen molar-refractivity contribution in [3.8, 4) is 0 Å². The molecule has 148 valence electrons. The van der Waals surface area contributed by atoms with E-state index in [0.717, 1.165) is 45.1 Å². The van der Waals surface area contributed by atoms with E-state index in [-0.39, 0.29) is 4.59 Å². The van der Waals surface area contributed by atoms with E-state index in [9.17, 15) is 5.11 Å². The number of hydrogen-bond acceptors (Lipinski definition) is 4. The number of quaternary nitrogens is 1. The van der Waals surface area contributed by atoms with Crippen molar-refractivity contribution in [3.05, 3.63) is 118 Å². The van der Waals surface area contributed by atoms with E-state index in [1.54, 1.807) is 12.4 Å². The summed E-state index contributed by atoms with van der Waals surface area (Å²) in [6.45, 7) is 3.84. The topological polar surface area (TPSA) is 71.0 Å². The fourth-order valence-electron chi connectivity index (χ4n) is 4.07. The molecule has 0 radical (unpaired) electrons. The average Bonchev–Trinajstić information content (AvgIpc) is 3.00. The Morgan fingerprint density at radius 1 is 1.07 bits per heavy atom. The fourth-order valence-corrected chi connectivity index (χ4v) is 4.07. The van der Waals surface area contributed by atoms with Crippen molar-refractivity contribution < 1.29 is 9.70 Å². The van der Waals surface area contributed by atoms with E-state index in [0.29, 0.717) is 0 Å². The largest absolute Gasteiger partial charge is 0.381 e. The summed E-state index contributed by atoms with van der Waals surface area (Å²) in [6, 6.07) is 15.6. The number of fused-ring (bicyclic) bond motifs is 1. The monoisotopic (exact) mass is 395 g/mol. The maximum atomic E-state index is 11.2. The summed E-state index contributed by atoms with van der Waals surface area (Å²) in [5, 5.41) is 11.2. The molecular formula is C25H23N4O+. The summed E-state index contributed by atoms with van der Waals surface area (Å²) in [5.74, 6) is 7.54. The summed E-state index contributed by atoms with van der Waals surface area (Å²) >= 11 is 0. The molecule has 30 heavy (non-hydrogen) atoms. The van der Waals surface area contributed by atoms with E-state index < -0.39 is 5.60 Å². The second-order valence-corrected chi connectivity index (χ2v) is 7.97. The third kappa shape index (κ3) is 2.68. The average molecular weight is 395 g/mol. The highest BCUT2D eigenvalue weighted by Gasteiger charge is 2.45. The lowest BCUT2D eigenvalue weighted by atomic mass is 9.86. The van der Waals surface area contributed by atoms with Crippen molar-refractivity contribution in [2.75, 3.05) is 0 Å². The molecular weight excluding hydrogens is 372 g/mol. The van der Waals surface area contributed by atoms with Gasteiger partial charge in [0.1, 0.15) is 17.5 Å². The Hall–Kier alpha value is -3.38. The normalized spacial score (nSPS) is 23.6. The highest BCUT2D eigenvalue weighted by Crippen LogP contribution is 2.37. The van der Waals surface area contributed by atoms with Crippen LogP contribution in [0.25, 0.3) is 0 Å². The zero-order valence-corrected chi connectivity index (χ0v) is 16.9. The van der Waals surface area contributed by atoms with Crippen LogP contribution in [0.5, 0.6) is 0 Å². The molecule has 5 rings (SSSR count). The van der Waals surface area contributed by atoms with Crippen LogP contribution in [0.1, 0.15) is 29.2 Å². The first-order valence-corrected chi connectivity index (χ1v) is 9.92. The number of aliphatic imine (C=N–C) groups is 2. The molecule has 2 atom stereocenters. The summed E-state index contributed by atoms with van der Waals surface area (Å²) in [5.41, 5.74) is 5.28. The third-order valence-electron chi connectivity index (χ3n) is 5.98. The van der Waals surface area contributed by atoms with Crippen LogP contribution < -0.4 is 5.84 Å². The van der Waals surface area contributed by atoms with Gasteiger partial charge in [0.05, 0.1) is 18.0 Å². The van der Waals surface area contributed by atoms with Gasteiger partial charge in [0.15, 0.2) is 0 Å². The molecule has 2 aliphatic heterocycles. The number of hydrogen-bond donors (Lipinski definition) is 2. The van der Waals surface area contributed by atoms with Crippen molar-refractivity contribution in [3.63, 3.8) is 0 Å². The molecule has 0 spiro atoms. The zero-order chi connectivity index (χ0) is 20.9. The van der Waals surface area contributed by atoms with Gasteiger partial charge >= 0.3 is 0 Å². The minimum Gasteiger partial charge on any atom is -0.381 e. The van der Waals surface area contributed by atoms with Crippen LogP contribution in [0.4, 0.5) is 0 Å². The van der Waals surface area contributed by atoms with Crippen LogP contribution in [0.15, 0.2) is 106 Å². The molecule has 2 heterocycles. The SMILES string of the molecule is Cc1cc(C(C)(O)c2ccccc2)ccc1C1=NC(C2=CC=C2)=C2C=NC=C[N+]12N. The Bertz CT molecular complexity index is 1230. The lowest BCUT2D eigenvalue weighted by Gasteiger charge is -2.28. The number of nitrogens with two attached hydrogens (primary N) is 1. The van der Waals surface area contributed by atoms with E-state index in [2.05, 4.69) is 4.99 Å². The standard InChI is InChI=1S/C25H23N4O/c1-17-15-20(25(2,30)19-9-4-3-5-10-19)11-12-21(17)24-28-23(18-7-6-8-18)22-16-27-13-14-29(22,24)26/h3-16,30H,26H2,1-2H3/q+1. The second-order valence-electron chi connectivity index (χ2n) is 7.97. The number of allylic oxidation sites excluding steroid dienone is 4. The van der Waals surface area contributed by atoms with Gasteiger partial charge in [-0.05, 0) is 36.6 Å². The molecule has 0 amide bonds. The van der Waals surface area contributed by atoms with Gasteiger partial charge in [0.25, 0.3) is 5.84 Å². The second kappa shape index (κ2) is 6.57. The summed E-state index contributed by atoms with van der Waals surface area (Å²) in [7, 11) is 0. The maximum absolute atomic E-state index is 11.2. The molecule has 2 unspecified atom stereocenters. The number of nitrogens with zero attached hydrogens (tertiary/aromatic N) is 3. The number of benzene rings is 2. The lowest BCUT2D eigenvalue weighted by molar-refractivity contribution is -0.750. The molecule has 0 fully saturated rings. The Balaban J connectivity index is 1.57. The highest BCUT2D eigenvalue weighted by molar-refractivity contribution is 6.02. The van der Waals surface area contributed by atoms with Gasteiger partial charge < -0.3 is 5.11 Å². The van der Waals surface area contributed by atoms with Gasteiger partial charge in [0.2, 0.25) is 5.70 Å². The predicted molar refractivity (Wildman–Crippen MR) is 119 cm³/mol. The molecule has 2 aromatic rings. The molecule has 3 aliphatic rings. The van der Waals surface area contributed by atoms with Gasteiger partial charge in [-0.1, -0.05) is 60.7 Å². The Labute approximate surface area is 175 Å². The molecule has 0 saturated heterocycles. The fraction of sp³-hybridized carbons (Fsp3) is 0.120. The molecule has 5 heteroatoms. The van der Waals surface area contributed by atoms with Gasteiger partial charge in [0, 0.05) is 5.57 Å². The molecule has 0 aromatic heterocycles. The van der Waals surface area contributed by atoms with Crippen LogP contribution >= 0.6 is 0 Å². The van der Waals surface area contributed by atoms with Gasteiger partial charge in [-0.25, -0.2) is 0 Å². The quantitative estimate of drug-likeness (QED) is 0.608. The van der Waals surface area contributed by atoms with E-state index >= 15 is 0 Å². The lowest BCUT2D eigenvalue weighted by Crippen LogP contribution is -2.53. The van der Waals surface area contributed by atoms with Crippen LogP contribution in [0, 0.1) is 6.92 Å². The minimum absolute atomic E-state index is 0.0146. The Morgan fingerprint density at radius 3 is 2.50 bits per heavy atom. The Morgan fingerprint density at radius 2 is 1.83 bits per heavy atom. The van der Waals surface area contributed by atoms with Crippen molar-refractivity contribution in [1.82, 2.24) is 0 Å².